The minimum absolute atomic E-state index is 0.00509. The Morgan fingerprint density at radius 1 is 1.19 bits per heavy atom. The predicted molar refractivity (Wildman–Crippen MR) is 101 cm³/mol. The molecule has 2 amide bonds. The highest BCUT2D eigenvalue weighted by atomic mass is 16.2. The van der Waals surface area contributed by atoms with Crippen LogP contribution < -0.4 is 5.32 Å². The van der Waals surface area contributed by atoms with Gasteiger partial charge >= 0.3 is 0 Å². The maximum absolute atomic E-state index is 12.5. The van der Waals surface area contributed by atoms with Gasteiger partial charge in [-0.25, -0.2) is 5.01 Å². The average Bonchev–Trinajstić information content (AvgIpc) is 3.18. The Morgan fingerprint density at radius 3 is 2.89 bits per heavy atom. The molecule has 1 unspecified atom stereocenters. The van der Waals surface area contributed by atoms with Crippen molar-refractivity contribution in [1.29, 1.82) is 0 Å². The molecule has 0 spiro atoms. The van der Waals surface area contributed by atoms with Crippen LogP contribution in [-0.4, -0.2) is 45.4 Å². The van der Waals surface area contributed by atoms with E-state index >= 15 is 0 Å². The molecular formula is C20H23N5O2. The van der Waals surface area contributed by atoms with Gasteiger partial charge < -0.3 is 5.32 Å². The first-order valence-electron chi connectivity index (χ1n) is 9.42. The van der Waals surface area contributed by atoms with Gasteiger partial charge in [0.25, 0.3) is 0 Å². The molecular weight excluding hydrogens is 342 g/mol. The lowest BCUT2D eigenvalue weighted by molar-refractivity contribution is -0.132. The van der Waals surface area contributed by atoms with Gasteiger partial charge in [0.05, 0.1) is 12.3 Å². The molecule has 0 aliphatic carbocycles. The number of hydrogen-bond donors (Lipinski definition) is 1. The molecule has 7 heteroatoms. The number of hydrogen-bond acceptors (Lipinski definition) is 4. The summed E-state index contributed by atoms with van der Waals surface area (Å²) in [5.74, 6) is 0.0132. The fourth-order valence-corrected chi connectivity index (χ4v) is 3.63. The van der Waals surface area contributed by atoms with Crippen LogP contribution in [0.3, 0.4) is 0 Å². The van der Waals surface area contributed by atoms with E-state index < -0.39 is 0 Å². The normalized spacial score (nSPS) is 19.4. The van der Waals surface area contributed by atoms with Crippen molar-refractivity contribution < 1.29 is 9.59 Å². The number of fused-ring (bicyclic) bond motifs is 1. The van der Waals surface area contributed by atoms with Crippen LogP contribution >= 0.6 is 0 Å². The summed E-state index contributed by atoms with van der Waals surface area (Å²) in [6, 6.07) is 11.9. The minimum atomic E-state index is -0.0327. The summed E-state index contributed by atoms with van der Waals surface area (Å²) in [7, 11) is 0. The molecule has 0 saturated heterocycles. The van der Waals surface area contributed by atoms with Crippen LogP contribution in [-0.2, 0) is 22.6 Å². The van der Waals surface area contributed by atoms with E-state index in [1.54, 1.807) is 6.20 Å². The molecule has 140 valence electrons. The highest BCUT2D eigenvalue weighted by molar-refractivity contribution is 6.04. The molecule has 0 fully saturated rings. The first-order chi connectivity index (χ1) is 13.2. The lowest BCUT2D eigenvalue weighted by Gasteiger charge is -2.25. The molecule has 0 radical (unpaired) electrons. The van der Waals surface area contributed by atoms with E-state index in [1.165, 1.54) is 5.01 Å². The Kier molecular flexibility index (Phi) is 5.00. The second-order valence-electron chi connectivity index (χ2n) is 6.96. The molecule has 4 rings (SSSR count). The van der Waals surface area contributed by atoms with Gasteiger partial charge in [0, 0.05) is 50.2 Å². The zero-order valence-electron chi connectivity index (χ0n) is 15.2. The van der Waals surface area contributed by atoms with Gasteiger partial charge in [-0.1, -0.05) is 30.3 Å². The van der Waals surface area contributed by atoms with Crippen LogP contribution in [0.1, 0.15) is 30.5 Å². The molecule has 7 nitrogen and oxygen atoms in total. The van der Waals surface area contributed by atoms with Crippen molar-refractivity contribution in [2.45, 2.75) is 32.2 Å². The van der Waals surface area contributed by atoms with Gasteiger partial charge in [-0.15, -0.1) is 0 Å². The lowest BCUT2D eigenvalue weighted by Crippen LogP contribution is -2.41. The average molecular weight is 365 g/mol. The van der Waals surface area contributed by atoms with E-state index in [0.29, 0.717) is 32.4 Å². The number of amides is 2. The molecule has 1 N–H and O–H groups in total. The topological polar surface area (TPSA) is 79.6 Å². The van der Waals surface area contributed by atoms with E-state index in [1.807, 2.05) is 41.1 Å². The van der Waals surface area contributed by atoms with Gasteiger partial charge in [0.15, 0.2) is 0 Å². The zero-order valence-corrected chi connectivity index (χ0v) is 15.2. The van der Waals surface area contributed by atoms with Crippen LogP contribution in [0.5, 0.6) is 0 Å². The number of hydrazone groups is 1. The number of aryl methyl sites for hydroxylation is 1. The fourth-order valence-electron chi connectivity index (χ4n) is 3.63. The van der Waals surface area contributed by atoms with Crippen molar-refractivity contribution in [1.82, 2.24) is 20.1 Å². The van der Waals surface area contributed by atoms with Crippen molar-refractivity contribution in [2.75, 3.05) is 13.1 Å². The van der Waals surface area contributed by atoms with E-state index in [2.05, 4.69) is 15.5 Å². The number of aromatic nitrogens is 2. The maximum atomic E-state index is 12.5. The molecule has 2 aromatic rings. The summed E-state index contributed by atoms with van der Waals surface area (Å²) in [4.78, 5) is 24.6. The quantitative estimate of drug-likeness (QED) is 0.874. The number of carbonyl (C=O) groups is 2. The number of benzene rings is 1. The van der Waals surface area contributed by atoms with E-state index in [-0.39, 0.29) is 17.7 Å². The Balaban J connectivity index is 1.31. The highest BCUT2D eigenvalue weighted by Gasteiger charge is 2.25. The van der Waals surface area contributed by atoms with Crippen molar-refractivity contribution in [2.24, 2.45) is 11.0 Å². The van der Waals surface area contributed by atoms with Crippen molar-refractivity contribution in [3.05, 3.63) is 53.9 Å². The largest absolute Gasteiger partial charge is 0.354 e. The van der Waals surface area contributed by atoms with Crippen LogP contribution in [0.15, 0.2) is 47.7 Å². The number of nitrogens with one attached hydrogen (secondary N) is 1. The molecule has 1 aromatic heterocycles. The third-order valence-corrected chi connectivity index (χ3v) is 5.16. The number of carbonyl (C=O) groups excluding carboxylic acids is 2. The SMILES string of the molecule is O=C(NCCN1N=C(c2ccccc2)CCC1=O)C1CCn2nccc2C1. The molecule has 0 bridgehead atoms. The Labute approximate surface area is 158 Å². The van der Waals surface area contributed by atoms with Crippen molar-refractivity contribution in [3.63, 3.8) is 0 Å². The monoisotopic (exact) mass is 365 g/mol. The molecule has 1 aromatic carbocycles. The van der Waals surface area contributed by atoms with Gasteiger partial charge in [-0.2, -0.15) is 10.2 Å². The molecule has 2 aliphatic rings. The second kappa shape index (κ2) is 7.73. The summed E-state index contributed by atoms with van der Waals surface area (Å²) < 4.78 is 1.95. The van der Waals surface area contributed by atoms with Crippen LogP contribution in [0.2, 0.25) is 0 Å². The van der Waals surface area contributed by atoms with Gasteiger partial charge in [-0.05, 0) is 18.1 Å². The molecule has 3 heterocycles. The third-order valence-electron chi connectivity index (χ3n) is 5.16. The lowest BCUT2D eigenvalue weighted by atomic mass is 9.95. The van der Waals surface area contributed by atoms with Crippen LogP contribution in [0, 0.1) is 5.92 Å². The van der Waals surface area contributed by atoms with Crippen molar-refractivity contribution in [3.8, 4) is 0 Å². The predicted octanol–water partition coefficient (Wildman–Crippen LogP) is 1.59. The molecule has 0 saturated carbocycles. The number of nitrogens with zero attached hydrogens (tertiary/aromatic N) is 4. The van der Waals surface area contributed by atoms with E-state index in [9.17, 15) is 9.59 Å². The van der Waals surface area contributed by atoms with Gasteiger partial charge in [0.2, 0.25) is 11.8 Å². The standard InChI is InChI=1S/C20H23N5O2/c26-19-7-6-18(15-4-2-1-3-5-15)23-25(19)13-11-21-20(27)16-9-12-24-17(14-16)8-10-22-24/h1-5,8,10,16H,6-7,9,11-14H2,(H,21,27). The Morgan fingerprint density at radius 2 is 2.04 bits per heavy atom. The third kappa shape index (κ3) is 3.92. The van der Waals surface area contributed by atoms with Gasteiger partial charge in [0.1, 0.15) is 0 Å². The van der Waals surface area contributed by atoms with E-state index in [0.717, 1.165) is 29.9 Å². The summed E-state index contributed by atoms with van der Waals surface area (Å²) in [6.45, 7) is 1.58. The second-order valence-corrected chi connectivity index (χ2v) is 6.96. The highest BCUT2D eigenvalue weighted by Crippen LogP contribution is 2.19. The number of rotatable bonds is 5. The minimum Gasteiger partial charge on any atom is -0.354 e. The summed E-state index contributed by atoms with van der Waals surface area (Å²) in [5, 5.41) is 13.2. The Bertz CT molecular complexity index is 858. The summed E-state index contributed by atoms with van der Waals surface area (Å²) in [6.07, 6.45) is 4.39. The Hall–Kier alpha value is -2.96. The zero-order chi connectivity index (χ0) is 18.6. The molecule has 1 atom stereocenters. The fraction of sp³-hybridized carbons (Fsp3) is 0.400. The molecule has 2 aliphatic heterocycles. The van der Waals surface area contributed by atoms with Crippen LogP contribution in [0.4, 0.5) is 0 Å². The van der Waals surface area contributed by atoms with Crippen LogP contribution in [0.25, 0.3) is 0 Å². The maximum Gasteiger partial charge on any atom is 0.243 e. The molecule has 27 heavy (non-hydrogen) atoms. The first kappa shape index (κ1) is 17.5. The van der Waals surface area contributed by atoms with E-state index in [4.69, 9.17) is 0 Å². The van der Waals surface area contributed by atoms with Gasteiger partial charge in [-0.3, -0.25) is 14.3 Å². The summed E-state index contributed by atoms with van der Waals surface area (Å²) in [5.41, 5.74) is 3.06. The van der Waals surface area contributed by atoms with Crippen molar-refractivity contribution >= 4 is 17.5 Å². The first-order valence-corrected chi connectivity index (χ1v) is 9.42. The summed E-state index contributed by atoms with van der Waals surface area (Å²) >= 11 is 0. The smallest absolute Gasteiger partial charge is 0.243 e.